The lowest BCUT2D eigenvalue weighted by atomic mass is 9.86. The van der Waals surface area contributed by atoms with E-state index in [4.69, 9.17) is 14.7 Å². The lowest BCUT2D eigenvalue weighted by molar-refractivity contribution is 0.0552. The second-order valence-corrected chi connectivity index (χ2v) is 14.3. The molecule has 2 bridgehead atoms. The summed E-state index contributed by atoms with van der Waals surface area (Å²) in [6.45, 7) is 3.94. The van der Waals surface area contributed by atoms with Gasteiger partial charge in [-0.15, -0.1) is 5.10 Å². The van der Waals surface area contributed by atoms with Gasteiger partial charge in [-0.1, -0.05) is 35.5 Å². The summed E-state index contributed by atoms with van der Waals surface area (Å²) in [5.41, 5.74) is 6.76. The van der Waals surface area contributed by atoms with Gasteiger partial charge in [0.05, 0.1) is 39.5 Å². The van der Waals surface area contributed by atoms with Crippen LogP contribution in [0.2, 0.25) is 0 Å². The highest BCUT2D eigenvalue weighted by Crippen LogP contribution is 2.42. The molecule has 1 aromatic carbocycles. The van der Waals surface area contributed by atoms with Gasteiger partial charge in [-0.2, -0.15) is 0 Å². The second-order valence-electron chi connectivity index (χ2n) is 11.9. The lowest BCUT2D eigenvalue weighted by Gasteiger charge is -2.33. The minimum absolute atomic E-state index is 0.0202. The molecule has 10 nitrogen and oxygen atoms in total. The van der Waals surface area contributed by atoms with Gasteiger partial charge < -0.3 is 14.2 Å². The van der Waals surface area contributed by atoms with Gasteiger partial charge in [0, 0.05) is 50.0 Å². The van der Waals surface area contributed by atoms with Crippen LogP contribution in [-0.4, -0.2) is 74.7 Å². The number of ether oxygens (including phenoxy) is 1. The molecule has 3 fully saturated rings. The van der Waals surface area contributed by atoms with Crippen LogP contribution in [0.3, 0.4) is 0 Å². The topological polar surface area (TPSA) is 108 Å². The Labute approximate surface area is 244 Å². The zero-order chi connectivity index (χ0) is 28.6. The van der Waals surface area contributed by atoms with E-state index in [0.29, 0.717) is 18.9 Å². The Morgan fingerprint density at radius 3 is 2.57 bits per heavy atom. The van der Waals surface area contributed by atoms with E-state index in [0.717, 1.165) is 70.9 Å². The molecule has 3 atom stereocenters. The first-order valence-electron chi connectivity index (χ1n) is 14.7. The van der Waals surface area contributed by atoms with E-state index < -0.39 is 9.84 Å². The SMILES string of the molecule is Cc1nnn(C)c1-c1cnc2c3ccc(N4CC5CC4CS5(=O)=O)nc3n([C@H](c3ccccc3)C3CCOCC3)c2c1. The van der Waals surface area contributed by atoms with Crippen molar-refractivity contribution in [3.8, 4) is 11.3 Å². The molecule has 11 heteroatoms. The molecule has 0 amide bonds. The van der Waals surface area contributed by atoms with Crippen LogP contribution in [0.25, 0.3) is 33.3 Å². The monoisotopic (exact) mass is 583 g/mol. The Balaban J connectivity index is 1.38. The Bertz CT molecular complexity index is 1910. The van der Waals surface area contributed by atoms with Crippen molar-refractivity contribution in [2.75, 3.05) is 30.4 Å². The standard InChI is InChI=1S/C31H33N7O3S/c1-19-29(36(2)35-34-19)22-14-26-28(32-16-22)25-8-9-27(37-17-24-15-23(37)18-42(24,39)40)33-31(25)38(26)30(20-6-4-3-5-7-20)21-10-12-41-13-11-21/h3-9,14,16,21,23-24,30H,10-13,15,17-18H2,1-2H3/t23?,24?,30-/m1/s1. The summed E-state index contributed by atoms with van der Waals surface area (Å²) in [5.74, 6) is 1.39. The molecule has 2 unspecified atom stereocenters. The number of pyridine rings is 2. The second kappa shape index (κ2) is 9.60. The fourth-order valence-corrected chi connectivity index (χ4v) is 9.51. The van der Waals surface area contributed by atoms with E-state index >= 15 is 0 Å². The zero-order valence-electron chi connectivity index (χ0n) is 23.7. The molecule has 0 aliphatic carbocycles. The van der Waals surface area contributed by atoms with Crippen molar-refractivity contribution in [1.82, 2.24) is 29.5 Å². The van der Waals surface area contributed by atoms with E-state index in [1.807, 2.05) is 26.2 Å². The molecule has 0 N–H and O–H groups in total. The molecule has 7 heterocycles. The van der Waals surface area contributed by atoms with E-state index in [1.165, 1.54) is 5.56 Å². The number of hydrogen-bond donors (Lipinski definition) is 0. The van der Waals surface area contributed by atoms with Gasteiger partial charge in [0.15, 0.2) is 9.84 Å². The molecule has 216 valence electrons. The molecular weight excluding hydrogens is 550 g/mol. The van der Waals surface area contributed by atoms with Gasteiger partial charge in [-0.3, -0.25) is 4.98 Å². The predicted molar refractivity (Wildman–Crippen MR) is 161 cm³/mol. The van der Waals surface area contributed by atoms with Crippen LogP contribution in [0.4, 0.5) is 5.82 Å². The summed E-state index contributed by atoms with van der Waals surface area (Å²) in [4.78, 5) is 12.5. The maximum atomic E-state index is 12.5. The maximum Gasteiger partial charge on any atom is 0.156 e. The number of nitrogens with zero attached hydrogens (tertiary/aromatic N) is 7. The quantitative estimate of drug-likeness (QED) is 0.305. The number of rotatable bonds is 5. The summed E-state index contributed by atoms with van der Waals surface area (Å²) >= 11 is 0. The van der Waals surface area contributed by atoms with Crippen molar-refractivity contribution in [2.45, 2.75) is 43.5 Å². The first kappa shape index (κ1) is 25.8. The van der Waals surface area contributed by atoms with Gasteiger partial charge in [0.1, 0.15) is 11.5 Å². The first-order valence-corrected chi connectivity index (χ1v) is 16.4. The normalized spacial score (nSPS) is 22.9. The number of fused-ring (bicyclic) bond motifs is 5. The summed E-state index contributed by atoms with van der Waals surface area (Å²) in [5, 5.41) is 9.21. The van der Waals surface area contributed by atoms with Crippen molar-refractivity contribution >= 4 is 37.7 Å². The van der Waals surface area contributed by atoms with Crippen LogP contribution in [-0.2, 0) is 21.6 Å². The van der Waals surface area contributed by atoms with Gasteiger partial charge in [0.2, 0.25) is 0 Å². The molecule has 0 saturated carbocycles. The minimum atomic E-state index is -3.01. The smallest absolute Gasteiger partial charge is 0.156 e. The van der Waals surface area contributed by atoms with Gasteiger partial charge in [0.25, 0.3) is 0 Å². The third-order valence-corrected chi connectivity index (χ3v) is 11.7. The molecule has 0 spiro atoms. The third-order valence-electron chi connectivity index (χ3n) is 9.47. The Morgan fingerprint density at radius 2 is 1.88 bits per heavy atom. The number of anilines is 1. The predicted octanol–water partition coefficient (Wildman–Crippen LogP) is 4.08. The van der Waals surface area contributed by atoms with Crippen molar-refractivity contribution in [1.29, 1.82) is 0 Å². The van der Waals surface area contributed by atoms with Crippen LogP contribution in [0.15, 0.2) is 54.7 Å². The molecule has 0 radical (unpaired) electrons. The summed E-state index contributed by atoms with van der Waals surface area (Å²) in [6.07, 6.45) is 4.49. The van der Waals surface area contributed by atoms with Crippen molar-refractivity contribution < 1.29 is 13.2 Å². The van der Waals surface area contributed by atoms with Crippen molar-refractivity contribution in [2.24, 2.45) is 13.0 Å². The molecule has 3 aliphatic heterocycles. The van der Waals surface area contributed by atoms with E-state index in [-0.39, 0.29) is 23.1 Å². The minimum Gasteiger partial charge on any atom is -0.381 e. The fourth-order valence-electron chi connectivity index (χ4n) is 7.48. The zero-order valence-corrected chi connectivity index (χ0v) is 24.5. The van der Waals surface area contributed by atoms with E-state index in [9.17, 15) is 8.42 Å². The number of hydrogen-bond acceptors (Lipinski definition) is 8. The molecule has 42 heavy (non-hydrogen) atoms. The molecule has 4 aromatic heterocycles. The van der Waals surface area contributed by atoms with Gasteiger partial charge >= 0.3 is 0 Å². The average Bonchev–Trinajstić information content (AvgIpc) is 3.74. The highest BCUT2D eigenvalue weighted by molar-refractivity contribution is 7.92. The lowest BCUT2D eigenvalue weighted by Crippen LogP contribution is -2.41. The number of aromatic nitrogens is 6. The van der Waals surface area contributed by atoms with Gasteiger partial charge in [-0.05, 0) is 55.9 Å². The van der Waals surface area contributed by atoms with E-state index in [2.05, 4.69) is 62.2 Å². The molecular formula is C31H33N7O3S. The van der Waals surface area contributed by atoms with Crippen molar-refractivity contribution in [3.63, 3.8) is 0 Å². The highest BCUT2D eigenvalue weighted by atomic mass is 32.2. The van der Waals surface area contributed by atoms with Crippen LogP contribution in [0.1, 0.15) is 36.6 Å². The van der Waals surface area contributed by atoms with Crippen LogP contribution in [0, 0.1) is 12.8 Å². The van der Waals surface area contributed by atoms with Crippen LogP contribution >= 0.6 is 0 Å². The Hall–Kier alpha value is -3.83. The summed E-state index contributed by atoms with van der Waals surface area (Å²) in [6, 6.07) is 17.0. The highest BCUT2D eigenvalue weighted by Gasteiger charge is 2.49. The number of aryl methyl sites for hydroxylation is 2. The maximum absolute atomic E-state index is 12.5. The van der Waals surface area contributed by atoms with Gasteiger partial charge in [-0.25, -0.2) is 18.1 Å². The largest absolute Gasteiger partial charge is 0.381 e. The average molecular weight is 584 g/mol. The number of benzene rings is 1. The summed E-state index contributed by atoms with van der Waals surface area (Å²) in [7, 11) is -1.10. The molecule has 5 aromatic rings. The third kappa shape index (κ3) is 3.97. The Kier molecular flexibility index (Phi) is 5.91. The first-order chi connectivity index (χ1) is 20.4. The van der Waals surface area contributed by atoms with Crippen LogP contribution < -0.4 is 4.90 Å². The summed E-state index contributed by atoms with van der Waals surface area (Å²) < 4.78 is 35.0. The Morgan fingerprint density at radius 1 is 1.07 bits per heavy atom. The van der Waals surface area contributed by atoms with E-state index in [1.54, 1.807) is 4.68 Å². The van der Waals surface area contributed by atoms with Crippen molar-refractivity contribution in [3.05, 3.63) is 66.0 Å². The number of sulfone groups is 1. The molecule has 8 rings (SSSR count). The molecule has 3 saturated heterocycles. The fraction of sp³-hybridized carbons (Fsp3) is 0.419. The molecule has 3 aliphatic rings. The van der Waals surface area contributed by atoms with Crippen LogP contribution in [0.5, 0.6) is 0 Å².